The van der Waals surface area contributed by atoms with E-state index in [1.807, 2.05) is 35.7 Å². The van der Waals surface area contributed by atoms with Crippen LogP contribution in [0.5, 0.6) is 11.5 Å². The number of fused-ring (bicyclic) bond motifs is 1. The maximum Gasteiger partial charge on any atom is 0.345 e. The van der Waals surface area contributed by atoms with Gasteiger partial charge in [0.2, 0.25) is 0 Å². The van der Waals surface area contributed by atoms with Crippen molar-refractivity contribution in [1.82, 2.24) is 14.5 Å². The summed E-state index contributed by atoms with van der Waals surface area (Å²) < 4.78 is 22.9. The normalized spacial score (nSPS) is 10.9. The molecule has 148 valence electrons. The van der Waals surface area contributed by atoms with E-state index in [4.69, 9.17) is 18.7 Å². The molecule has 0 aliphatic carbocycles. The summed E-state index contributed by atoms with van der Waals surface area (Å²) in [6.45, 7) is 1.87. The fraction of sp³-hybridized carbons (Fsp3) is 0.190. The number of benzene rings is 1. The Labute approximate surface area is 166 Å². The Kier molecular flexibility index (Phi) is 4.67. The quantitative estimate of drug-likeness (QED) is 0.477. The number of hydrogen-bond donors (Lipinski definition) is 0. The van der Waals surface area contributed by atoms with Crippen LogP contribution in [0.1, 0.15) is 16.1 Å². The number of aryl methyl sites for hydroxylation is 1. The molecule has 0 atom stereocenters. The van der Waals surface area contributed by atoms with Crippen molar-refractivity contribution >= 4 is 11.6 Å². The van der Waals surface area contributed by atoms with Crippen LogP contribution in [0.3, 0.4) is 0 Å². The lowest BCUT2D eigenvalue weighted by atomic mass is 10.1. The molecule has 8 heteroatoms. The maximum atomic E-state index is 12.1. The van der Waals surface area contributed by atoms with Crippen molar-refractivity contribution in [3.05, 3.63) is 54.0 Å². The van der Waals surface area contributed by atoms with Crippen LogP contribution < -0.4 is 9.47 Å². The van der Waals surface area contributed by atoms with Crippen molar-refractivity contribution in [1.29, 1.82) is 0 Å². The first kappa shape index (κ1) is 18.5. The van der Waals surface area contributed by atoms with Crippen LogP contribution >= 0.6 is 0 Å². The average molecular weight is 393 g/mol. The first-order valence-electron chi connectivity index (χ1n) is 8.81. The predicted octanol–water partition coefficient (Wildman–Crippen LogP) is 3.77. The second kappa shape index (κ2) is 7.31. The minimum absolute atomic E-state index is 0.234. The van der Waals surface area contributed by atoms with Crippen LogP contribution in [0.25, 0.3) is 28.2 Å². The molecule has 0 aliphatic heterocycles. The lowest BCUT2D eigenvalue weighted by Gasteiger charge is -2.14. The van der Waals surface area contributed by atoms with Gasteiger partial charge in [-0.05, 0) is 31.2 Å². The highest BCUT2D eigenvalue weighted by atomic mass is 16.5. The van der Waals surface area contributed by atoms with Gasteiger partial charge in [-0.3, -0.25) is 4.40 Å². The van der Waals surface area contributed by atoms with Crippen molar-refractivity contribution < 1.29 is 23.5 Å². The third-order valence-electron chi connectivity index (χ3n) is 4.62. The summed E-state index contributed by atoms with van der Waals surface area (Å²) in [5.74, 6) is 0.862. The van der Waals surface area contributed by atoms with Gasteiger partial charge in [-0.25, -0.2) is 9.78 Å². The van der Waals surface area contributed by atoms with Crippen LogP contribution in [-0.4, -0.2) is 41.8 Å². The molecule has 3 heterocycles. The Morgan fingerprint density at radius 2 is 1.76 bits per heavy atom. The molecule has 1 aromatic carbocycles. The van der Waals surface area contributed by atoms with E-state index in [1.54, 1.807) is 18.3 Å². The number of methoxy groups -OCH3 is 3. The van der Waals surface area contributed by atoms with Crippen LogP contribution in [0.15, 0.2) is 47.2 Å². The zero-order chi connectivity index (χ0) is 20.5. The van der Waals surface area contributed by atoms with E-state index in [-0.39, 0.29) is 5.56 Å². The SMILES string of the molecule is COC(=O)c1c(OC)cc(-c2cnc3cc(-c4cc(C)no4)ccn23)cc1OC. The fourth-order valence-corrected chi connectivity index (χ4v) is 3.21. The smallest absolute Gasteiger partial charge is 0.345 e. The summed E-state index contributed by atoms with van der Waals surface area (Å²) in [5, 5.41) is 3.93. The molecule has 8 nitrogen and oxygen atoms in total. The van der Waals surface area contributed by atoms with Gasteiger partial charge in [-0.2, -0.15) is 0 Å². The molecule has 0 fully saturated rings. The topological polar surface area (TPSA) is 88.1 Å². The Balaban J connectivity index is 1.83. The molecule has 0 N–H and O–H groups in total. The van der Waals surface area contributed by atoms with Crippen molar-refractivity contribution in [3.63, 3.8) is 0 Å². The van der Waals surface area contributed by atoms with E-state index in [2.05, 4.69) is 10.1 Å². The number of rotatable bonds is 5. The Morgan fingerprint density at radius 1 is 1.03 bits per heavy atom. The van der Waals surface area contributed by atoms with Crippen LogP contribution in [0.2, 0.25) is 0 Å². The molecule has 0 saturated heterocycles. The monoisotopic (exact) mass is 393 g/mol. The third-order valence-corrected chi connectivity index (χ3v) is 4.62. The summed E-state index contributed by atoms with van der Waals surface area (Å²) >= 11 is 0. The Bertz CT molecular complexity index is 1180. The van der Waals surface area contributed by atoms with Crippen LogP contribution in [-0.2, 0) is 4.74 Å². The molecule has 0 amide bonds. The highest BCUT2D eigenvalue weighted by Crippen LogP contribution is 2.36. The molecule has 4 aromatic rings. The van der Waals surface area contributed by atoms with Crippen molar-refractivity contribution in [3.8, 4) is 34.1 Å². The van der Waals surface area contributed by atoms with Gasteiger partial charge in [0.1, 0.15) is 22.7 Å². The fourth-order valence-electron chi connectivity index (χ4n) is 3.21. The van der Waals surface area contributed by atoms with E-state index in [1.165, 1.54) is 21.3 Å². The van der Waals surface area contributed by atoms with E-state index in [9.17, 15) is 4.79 Å². The van der Waals surface area contributed by atoms with Gasteiger partial charge in [-0.15, -0.1) is 0 Å². The van der Waals surface area contributed by atoms with Crippen LogP contribution in [0.4, 0.5) is 0 Å². The number of hydrogen-bond acceptors (Lipinski definition) is 7. The van der Waals surface area contributed by atoms with E-state index in [0.29, 0.717) is 17.3 Å². The molecule has 0 unspecified atom stereocenters. The third kappa shape index (κ3) is 3.18. The van der Waals surface area contributed by atoms with Gasteiger partial charge in [-0.1, -0.05) is 5.16 Å². The summed E-state index contributed by atoms with van der Waals surface area (Å²) in [7, 11) is 4.30. The number of carbonyl (C=O) groups is 1. The predicted molar refractivity (Wildman–Crippen MR) is 105 cm³/mol. The average Bonchev–Trinajstić information content (AvgIpc) is 3.37. The summed E-state index contributed by atoms with van der Waals surface area (Å²) in [4.78, 5) is 16.6. The molecule has 29 heavy (non-hydrogen) atoms. The summed E-state index contributed by atoms with van der Waals surface area (Å²) in [5.41, 5.74) is 4.26. The minimum Gasteiger partial charge on any atom is -0.496 e. The lowest BCUT2D eigenvalue weighted by Crippen LogP contribution is -2.07. The molecular formula is C21H19N3O5. The molecule has 0 aliphatic rings. The number of aromatic nitrogens is 3. The largest absolute Gasteiger partial charge is 0.496 e. The van der Waals surface area contributed by atoms with Gasteiger partial charge < -0.3 is 18.7 Å². The zero-order valence-corrected chi connectivity index (χ0v) is 16.4. The van der Waals surface area contributed by atoms with Crippen LogP contribution in [0, 0.1) is 6.92 Å². The van der Waals surface area contributed by atoms with Crippen molar-refractivity contribution in [2.75, 3.05) is 21.3 Å². The molecule has 0 radical (unpaired) electrons. The van der Waals surface area contributed by atoms with Gasteiger partial charge >= 0.3 is 5.97 Å². The highest BCUT2D eigenvalue weighted by Gasteiger charge is 2.22. The van der Waals surface area contributed by atoms with E-state index >= 15 is 0 Å². The van der Waals surface area contributed by atoms with E-state index in [0.717, 1.165) is 28.2 Å². The molecule has 0 spiro atoms. The number of pyridine rings is 1. The van der Waals surface area contributed by atoms with Crippen molar-refractivity contribution in [2.24, 2.45) is 0 Å². The number of ether oxygens (including phenoxy) is 3. The Hall–Kier alpha value is -3.81. The molecule has 3 aromatic heterocycles. The molecule has 0 bridgehead atoms. The second-order valence-electron chi connectivity index (χ2n) is 6.37. The number of nitrogens with zero attached hydrogens (tertiary/aromatic N) is 3. The summed E-state index contributed by atoms with van der Waals surface area (Å²) in [6, 6.07) is 9.23. The van der Waals surface area contributed by atoms with E-state index < -0.39 is 5.97 Å². The highest BCUT2D eigenvalue weighted by molar-refractivity contribution is 5.96. The lowest BCUT2D eigenvalue weighted by molar-refractivity contribution is 0.0593. The van der Waals surface area contributed by atoms with Gasteiger partial charge in [0.05, 0.1) is 38.9 Å². The Morgan fingerprint density at radius 3 is 2.34 bits per heavy atom. The summed E-state index contributed by atoms with van der Waals surface area (Å²) in [6.07, 6.45) is 3.65. The minimum atomic E-state index is -0.532. The van der Waals surface area contributed by atoms with Gasteiger partial charge in [0.15, 0.2) is 5.76 Å². The first-order chi connectivity index (χ1) is 14.0. The molecule has 0 saturated carbocycles. The number of carbonyl (C=O) groups excluding carboxylic acids is 1. The molecular weight excluding hydrogens is 374 g/mol. The zero-order valence-electron chi connectivity index (χ0n) is 16.4. The van der Waals surface area contributed by atoms with Gasteiger partial charge in [0, 0.05) is 23.4 Å². The number of esters is 1. The number of imidazole rings is 1. The van der Waals surface area contributed by atoms with Crippen molar-refractivity contribution in [2.45, 2.75) is 6.92 Å². The molecule has 4 rings (SSSR count). The first-order valence-corrected chi connectivity index (χ1v) is 8.81. The second-order valence-corrected chi connectivity index (χ2v) is 6.37. The van der Waals surface area contributed by atoms with Gasteiger partial charge in [0.25, 0.3) is 0 Å². The standard InChI is InChI=1S/C21H19N3O5/c1-12-7-16(29-23-12)13-5-6-24-15(11-22-19(24)10-13)14-8-17(26-2)20(21(25)28-4)18(9-14)27-3/h5-11H,1-4H3. The maximum absolute atomic E-state index is 12.1.